The molecule has 3 rings (SSSR count). The van der Waals surface area contributed by atoms with Crippen LogP contribution in [0, 0.1) is 0 Å². The van der Waals surface area contributed by atoms with Gasteiger partial charge in [-0.05, 0) is 23.1 Å². The van der Waals surface area contributed by atoms with Crippen molar-refractivity contribution in [1.82, 2.24) is 4.98 Å². The lowest BCUT2D eigenvalue weighted by Gasteiger charge is -2.03. The van der Waals surface area contributed by atoms with E-state index in [1.54, 1.807) is 0 Å². The van der Waals surface area contributed by atoms with Crippen molar-refractivity contribution in [3.05, 3.63) is 54.2 Å². The van der Waals surface area contributed by atoms with Crippen molar-refractivity contribution in [2.45, 2.75) is 0 Å². The number of oxime groups is 1. The second-order valence-corrected chi connectivity index (χ2v) is 3.87. The van der Waals surface area contributed by atoms with Crippen LogP contribution in [0.25, 0.3) is 21.7 Å². The molecule has 0 atom stereocenters. The Kier molecular flexibility index (Phi) is 2.22. The Labute approximate surface area is 98.0 Å². The third-order valence-electron chi connectivity index (χ3n) is 2.82. The van der Waals surface area contributed by atoms with Gasteiger partial charge in [0.05, 0.1) is 11.7 Å². The van der Waals surface area contributed by atoms with Crippen LogP contribution in [0.4, 0.5) is 0 Å². The molecule has 2 aromatic carbocycles. The number of rotatable bonds is 1. The van der Waals surface area contributed by atoms with E-state index < -0.39 is 0 Å². The SMILES string of the molecule is ON=Cc1ccc2c(cnc3ccccc32)c1. The molecular formula is C14H10N2O. The Bertz CT molecular complexity index is 720. The fraction of sp³-hybridized carbons (Fsp3) is 0. The second-order valence-electron chi connectivity index (χ2n) is 3.87. The molecule has 0 aliphatic rings. The molecule has 0 saturated carbocycles. The van der Waals surface area contributed by atoms with Gasteiger partial charge in [0.1, 0.15) is 0 Å². The molecule has 1 aromatic heterocycles. The predicted octanol–water partition coefficient (Wildman–Crippen LogP) is 3.20. The van der Waals surface area contributed by atoms with Gasteiger partial charge in [0.15, 0.2) is 0 Å². The summed E-state index contributed by atoms with van der Waals surface area (Å²) in [7, 11) is 0. The molecule has 82 valence electrons. The Morgan fingerprint density at radius 3 is 2.82 bits per heavy atom. The molecule has 3 nitrogen and oxygen atoms in total. The summed E-state index contributed by atoms with van der Waals surface area (Å²) in [5.74, 6) is 0. The number of benzene rings is 2. The van der Waals surface area contributed by atoms with Crippen LogP contribution in [0.5, 0.6) is 0 Å². The van der Waals surface area contributed by atoms with E-state index in [0.29, 0.717) is 0 Å². The van der Waals surface area contributed by atoms with Crippen molar-refractivity contribution in [2.75, 3.05) is 0 Å². The Hall–Kier alpha value is -2.42. The summed E-state index contributed by atoms with van der Waals surface area (Å²) in [6.45, 7) is 0. The minimum atomic E-state index is 0.858. The van der Waals surface area contributed by atoms with E-state index in [-0.39, 0.29) is 0 Å². The number of nitrogens with zero attached hydrogens (tertiary/aromatic N) is 2. The van der Waals surface area contributed by atoms with Crippen molar-refractivity contribution in [3.63, 3.8) is 0 Å². The van der Waals surface area contributed by atoms with Crippen molar-refractivity contribution in [1.29, 1.82) is 0 Å². The minimum absolute atomic E-state index is 0.858. The first kappa shape index (κ1) is 9.78. The molecule has 0 radical (unpaired) electrons. The Morgan fingerprint density at radius 2 is 1.94 bits per heavy atom. The smallest absolute Gasteiger partial charge is 0.0734 e. The van der Waals surface area contributed by atoms with Gasteiger partial charge in [-0.25, -0.2) is 0 Å². The quantitative estimate of drug-likeness (QED) is 0.297. The van der Waals surface area contributed by atoms with Gasteiger partial charge in [-0.2, -0.15) is 0 Å². The van der Waals surface area contributed by atoms with Gasteiger partial charge in [-0.15, -0.1) is 0 Å². The largest absolute Gasteiger partial charge is 0.411 e. The molecule has 0 amide bonds. The first-order valence-corrected chi connectivity index (χ1v) is 5.33. The summed E-state index contributed by atoms with van der Waals surface area (Å²) < 4.78 is 0. The van der Waals surface area contributed by atoms with E-state index in [9.17, 15) is 0 Å². The Balaban J connectivity index is 2.37. The topological polar surface area (TPSA) is 45.5 Å². The van der Waals surface area contributed by atoms with Gasteiger partial charge >= 0.3 is 0 Å². The summed E-state index contributed by atoms with van der Waals surface area (Å²) in [5, 5.41) is 14.9. The van der Waals surface area contributed by atoms with E-state index in [0.717, 1.165) is 27.2 Å². The molecule has 1 heterocycles. The van der Waals surface area contributed by atoms with Crippen LogP contribution >= 0.6 is 0 Å². The normalized spacial score (nSPS) is 11.5. The zero-order chi connectivity index (χ0) is 11.7. The maximum Gasteiger partial charge on any atom is 0.0734 e. The third kappa shape index (κ3) is 1.61. The highest BCUT2D eigenvalue weighted by atomic mass is 16.4. The monoisotopic (exact) mass is 222 g/mol. The minimum Gasteiger partial charge on any atom is -0.411 e. The zero-order valence-electron chi connectivity index (χ0n) is 9.04. The lowest BCUT2D eigenvalue weighted by molar-refractivity contribution is 0.322. The van der Waals surface area contributed by atoms with Gasteiger partial charge in [0.2, 0.25) is 0 Å². The number of hydrogen-bond donors (Lipinski definition) is 1. The molecule has 0 saturated heterocycles. The van der Waals surface area contributed by atoms with Crippen molar-refractivity contribution >= 4 is 27.9 Å². The fourth-order valence-electron chi connectivity index (χ4n) is 2.03. The number of hydrogen-bond acceptors (Lipinski definition) is 3. The van der Waals surface area contributed by atoms with Crippen LogP contribution in [0.2, 0.25) is 0 Å². The Morgan fingerprint density at radius 1 is 1.06 bits per heavy atom. The fourth-order valence-corrected chi connectivity index (χ4v) is 2.03. The lowest BCUT2D eigenvalue weighted by atomic mass is 10.0. The van der Waals surface area contributed by atoms with Gasteiger partial charge in [-0.1, -0.05) is 35.5 Å². The summed E-state index contributed by atoms with van der Waals surface area (Å²) in [5.41, 5.74) is 1.85. The molecule has 0 aliphatic heterocycles. The van der Waals surface area contributed by atoms with E-state index >= 15 is 0 Å². The average Bonchev–Trinajstić information content (AvgIpc) is 2.39. The second kappa shape index (κ2) is 3.87. The van der Waals surface area contributed by atoms with Crippen molar-refractivity contribution in [2.24, 2.45) is 5.16 Å². The van der Waals surface area contributed by atoms with Crippen LogP contribution in [0.1, 0.15) is 5.56 Å². The maximum atomic E-state index is 8.52. The molecule has 0 spiro atoms. The average molecular weight is 222 g/mol. The molecular weight excluding hydrogens is 212 g/mol. The van der Waals surface area contributed by atoms with Crippen LogP contribution in [0.15, 0.2) is 53.8 Å². The highest BCUT2D eigenvalue weighted by molar-refractivity contribution is 6.06. The van der Waals surface area contributed by atoms with Gasteiger partial charge in [0.25, 0.3) is 0 Å². The summed E-state index contributed by atoms with van der Waals surface area (Å²) in [6.07, 6.45) is 3.25. The highest BCUT2D eigenvalue weighted by Crippen LogP contribution is 2.23. The summed E-state index contributed by atoms with van der Waals surface area (Å²) in [6, 6.07) is 13.9. The van der Waals surface area contributed by atoms with Gasteiger partial charge in [-0.3, -0.25) is 4.98 Å². The molecule has 0 aliphatic carbocycles. The van der Waals surface area contributed by atoms with E-state index in [4.69, 9.17) is 5.21 Å². The van der Waals surface area contributed by atoms with Gasteiger partial charge in [0, 0.05) is 17.0 Å². The van der Waals surface area contributed by atoms with Crippen molar-refractivity contribution in [3.8, 4) is 0 Å². The number of aromatic nitrogens is 1. The lowest BCUT2D eigenvalue weighted by Crippen LogP contribution is -1.85. The maximum absolute atomic E-state index is 8.52. The van der Waals surface area contributed by atoms with E-state index in [1.165, 1.54) is 6.21 Å². The van der Waals surface area contributed by atoms with Crippen LogP contribution in [-0.2, 0) is 0 Å². The molecule has 3 heteroatoms. The first-order chi connectivity index (χ1) is 8.38. The summed E-state index contributed by atoms with van der Waals surface area (Å²) in [4.78, 5) is 4.40. The molecule has 0 fully saturated rings. The molecule has 0 unspecified atom stereocenters. The van der Waals surface area contributed by atoms with Crippen LogP contribution < -0.4 is 0 Å². The third-order valence-corrected chi connectivity index (χ3v) is 2.82. The molecule has 1 N–H and O–H groups in total. The molecule has 3 aromatic rings. The van der Waals surface area contributed by atoms with E-state index in [1.807, 2.05) is 42.6 Å². The zero-order valence-corrected chi connectivity index (χ0v) is 9.04. The molecule has 0 bridgehead atoms. The number of fused-ring (bicyclic) bond motifs is 3. The van der Waals surface area contributed by atoms with Crippen molar-refractivity contribution < 1.29 is 5.21 Å². The first-order valence-electron chi connectivity index (χ1n) is 5.33. The highest BCUT2D eigenvalue weighted by Gasteiger charge is 2.01. The van der Waals surface area contributed by atoms with Crippen LogP contribution in [-0.4, -0.2) is 16.4 Å². The van der Waals surface area contributed by atoms with E-state index in [2.05, 4.69) is 16.2 Å². The number of pyridine rings is 1. The van der Waals surface area contributed by atoms with Gasteiger partial charge < -0.3 is 5.21 Å². The van der Waals surface area contributed by atoms with Crippen LogP contribution in [0.3, 0.4) is 0 Å². The molecule has 17 heavy (non-hydrogen) atoms. The summed E-state index contributed by atoms with van der Waals surface area (Å²) >= 11 is 0. The standard InChI is InChI=1S/C14H10N2O/c17-16-8-10-5-6-12-11(7-10)9-15-14-4-2-1-3-13(12)14/h1-9,17H. The number of para-hydroxylation sites is 1. The predicted molar refractivity (Wildman–Crippen MR) is 68.6 cm³/mol.